The van der Waals surface area contributed by atoms with E-state index in [0.29, 0.717) is 11.5 Å². The molecule has 20 heavy (non-hydrogen) atoms. The van der Waals surface area contributed by atoms with Gasteiger partial charge in [-0.25, -0.2) is 0 Å². The van der Waals surface area contributed by atoms with E-state index in [2.05, 4.69) is 22.4 Å². The smallest absolute Gasteiger partial charge is 0.151 e. The molecule has 3 N–H and O–H groups in total. The van der Waals surface area contributed by atoms with Gasteiger partial charge in [0.05, 0.1) is 6.54 Å². The fourth-order valence-corrected chi connectivity index (χ4v) is 2.98. The molecule has 7 heteroatoms. The molecule has 0 fully saturated rings. The fraction of sp³-hybridized carbons (Fsp3) is 0.308. The lowest BCUT2D eigenvalue weighted by Gasteiger charge is -2.14. The first kappa shape index (κ1) is 14.8. The van der Waals surface area contributed by atoms with Crippen molar-refractivity contribution in [1.29, 1.82) is 0 Å². The second kappa shape index (κ2) is 6.71. The molecule has 0 saturated heterocycles. The Kier molecular flexibility index (Phi) is 4.97. The molecule has 0 unspecified atom stereocenters. The summed E-state index contributed by atoms with van der Waals surface area (Å²) < 4.78 is 1.87. The van der Waals surface area contributed by atoms with E-state index in [4.69, 9.17) is 18.0 Å². The van der Waals surface area contributed by atoms with Crippen molar-refractivity contribution < 1.29 is 0 Å². The van der Waals surface area contributed by atoms with Crippen molar-refractivity contribution in [2.75, 3.05) is 11.1 Å². The third-order valence-corrected chi connectivity index (χ3v) is 3.96. The number of hydrogen-bond donors (Lipinski definition) is 2. The first-order valence-electron chi connectivity index (χ1n) is 6.25. The molecule has 0 radical (unpaired) electrons. The van der Waals surface area contributed by atoms with Crippen LogP contribution in [0.25, 0.3) is 0 Å². The average Bonchev–Trinajstić information content (AvgIpc) is 2.82. The van der Waals surface area contributed by atoms with E-state index >= 15 is 0 Å². The fourth-order valence-electron chi connectivity index (χ4n) is 1.85. The number of thioether (sulfide) groups is 1. The van der Waals surface area contributed by atoms with Gasteiger partial charge in [-0.05, 0) is 17.9 Å². The molecule has 5 nitrogen and oxygen atoms in total. The summed E-state index contributed by atoms with van der Waals surface area (Å²) in [5, 5.41) is 11.2. The Balaban J connectivity index is 2.24. The van der Waals surface area contributed by atoms with Crippen LogP contribution in [0.4, 0.5) is 5.69 Å². The zero-order valence-electron chi connectivity index (χ0n) is 11.5. The maximum absolute atomic E-state index is 5.87. The summed E-state index contributed by atoms with van der Waals surface area (Å²) in [5.74, 6) is 1.83. The van der Waals surface area contributed by atoms with Gasteiger partial charge in [0.2, 0.25) is 0 Å². The minimum Gasteiger partial charge on any atom is -0.389 e. The molecular formula is C13H17N5S2. The zero-order chi connectivity index (χ0) is 14.5. The van der Waals surface area contributed by atoms with Crippen molar-refractivity contribution in [2.45, 2.75) is 18.4 Å². The number of aryl methyl sites for hydroxylation is 1. The number of benzene rings is 1. The van der Waals surface area contributed by atoms with Crippen LogP contribution in [0.5, 0.6) is 0 Å². The third-order valence-electron chi connectivity index (χ3n) is 2.81. The van der Waals surface area contributed by atoms with Crippen molar-refractivity contribution in [3.8, 4) is 0 Å². The molecule has 1 aromatic carbocycles. The molecule has 106 valence electrons. The number of nitrogens with zero attached hydrogens (tertiary/aromatic N) is 3. The average molecular weight is 307 g/mol. The second-order valence-electron chi connectivity index (χ2n) is 4.19. The quantitative estimate of drug-likeness (QED) is 0.630. The molecule has 2 rings (SSSR count). The molecule has 0 amide bonds. The van der Waals surface area contributed by atoms with Crippen LogP contribution in [0, 0.1) is 0 Å². The Bertz CT molecular complexity index is 609. The lowest BCUT2D eigenvalue weighted by Crippen LogP contribution is -2.15. The van der Waals surface area contributed by atoms with Crippen LogP contribution < -0.4 is 11.1 Å². The van der Waals surface area contributed by atoms with Crippen molar-refractivity contribution in [2.24, 2.45) is 12.8 Å². The van der Waals surface area contributed by atoms with Gasteiger partial charge in [-0.3, -0.25) is 0 Å². The van der Waals surface area contributed by atoms with Crippen LogP contribution in [0.2, 0.25) is 0 Å². The van der Waals surface area contributed by atoms with Gasteiger partial charge in [-0.1, -0.05) is 25.2 Å². The van der Waals surface area contributed by atoms with E-state index in [1.807, 2.05) is 29.8 Å². The maximum Gasteiger partial charge on any atom is 0.151 e. The lowest BCUT2D eigenvalue weighted by molar-refractivity contribution is 0.812. The van der Waals surface area contributed by atoms with Gasteiger partial charge in [0.15, 0.2) is 5.82 Å². The summed E-state index contributed by atoms with van der Waals surface area (Å²) in [6.07, 6.45) is 1.68. The molecular weight excluding hydrogens is 290 g/mol. The summed E-state index contributed by atoms with van der Waals surface area (Å²) in [4.78, 5) is 1.50. The van der Waals surface area contributed by atoms with Crippen LogP contribution >= 0.6 is 24.0 Å². The van der Waals surface area contributed by atoms with Crippen LogP contribution in [-0.2, 0) is 13.6 Å². The molecule has 0 saturated carbocycles. The zero-order valence-corrected chi connectivity index (χ0v) is 13.1. The molecule has 0 aliphatic rings. The van der Waals surface area contributed by atoms with Crippen molar-refractivity contribution >= 4 is 34.7 Å². The number of anilines is 1. The van der Waals surface area contributed by atoms with Gasteiger partial charge >= 0.3 is 0 Å². The van der Waals surface area contributed by atoms with Gasteiger partial charge in [0, 0.05) is 23.2 Å². The summed E-state index contributed by atoms with van der Waals surface area (Å²) in [6.45, 7) is 2.68. The predicted molar refractivity (Wildman–Crippen MR) is 87.1 cm³/mol. The Morgan fingerprint density at radius 2 is 2.30 bits per heavy atom. The number of nitrogens with one attached hydrogen (secondary N) is 1. The largest absolute Gasteiger partial charge is 0.389 e. The summed E-state index contributed by atoms with van der Waals surface area (Å²) >= 11 is 6.91. The highest BCUT2D eigenvalue weighted by molar-refractivity contribution is 7.99. The first-order valence-corrected chi connectivity index (χ1v) is 7.65. The van der Waals surface area contributed by atoms with E-state index < -0.39 is 0 Å². The highest BCUT2D eigenvalue weighted by Crippen LogP contribution is 2.28. The van der Waals surface area contributed by atoms with E-state index in [9.17, 15) is 0 Å². The van der Waals surface area contributed by atoms with E-state index in [1.54, 1.807) is 18.1 Å². The number of thiocarbonyl (C=S) groups is 1. The molecule has 0 spiro atoms. The van der Waals surface area contributed by atoms with Crippen LogP contribution in [0.3, 0.4) is 0 Å². The minimum absolute atomic E-state index is 0.405. The van der Waals surface area contributed by atoms with Gasteiger partial charge in [0.25, 0.3) is 0 Å². The van der Waals surface area contributed by atoms with Crippen LogP contribution in [0.1, 0.15) is 18.3 Å². The van der Waals surface area contributed by atoms with Crippen molar-refractivity contribution in [1.82, 2.24) is 14.8 Å². The summed E-state index contributed by atoms with van der Waals surface area (Å²) in [5.41, 5.74) is 7.70. The second-order valence-corrected chi connectivity index (χ2v) is 5.93. The monoisotopic (exact) mass is 307 g/mol. The standard InChI is InChI=1S/C13H17N5S2/c1-3-20-10-6-4-5-9(12(10)13(14)19)15-7-11-17-16-8-18(11)2/h4-6,8,15H,3,7H2,1-2H3,(H2,14,19). The number of hydrogen-bond acceptors (Lipinski definition) is 5. The predicted octanol–water partition coefficient (Wildman–Crippen LogP) is 2.17. The molecule has 1 heterocycles. The molecule has 1 aromatic heterocycles. The highest BCUT2D eigenvalue weighted by Gasteiger charge is 2.11. The number of nitrogens with two attached hydrogens (primary N) is 1. The maximum atomic E-state index is 5.87. The summed E-state index contributed by atoms with van der Waals surface area (Å²) in [6, 6.07) is 6.01. The van der Waals surface area contributed by atoms with E-state index in [1.165, 1.54) is 0 Å². The summed E-state index contributed by atoms with van der Waals surface area (Å²) in [7, 11) is 1.91. The van der Waals surface area contributed by atoms with Gasteiger partial charge < -0.3 is 15.6 Å². The Morgan fingerprint density at radius 1 is 1.50 bits per heavy atom. The minimum atomic E-state index is 0.405. The topological polar surface area (TPSA) is 68.8 Å². The Labute approximate surface area is 128 Å². The van der Waals surface area contributed by atoms with Gasteiger partial charge in [-0.2, -0.15) is 0 Å². The van der Waals surface area contributed by atoms with Crippen LogP contribution in [-0.4, -0.2) is 25.5 Å². The molecule has 0 atom stereocenters. The third kappa shape index (κ3) is 3.29. The Morgan fingerprint density at radius 3 is 2.90 bits per heavy atom. The van der Waals surface area contributed by atoms with Crippen LogP contribution in [0.15, 0.2) is 29.4 Å². The molecule has 0 aliphatic carbocycles. The van der Waals surface area contributed by atoms with Crippen molar-refractivity contribution in [3.05, 3.63) is 35.9 Å². The van der Waals surface area contributed by atoms with E-state index in [0.717, 1.165) is 27.7 Å². The van der Waals surface area contributed by atoms with Gasteiger partial charge in [-0.15, -0.1) is 22.0 Å². The molecule has 0 aliphatic heterocycles. The van der Waals surface area contributed by atoms with Gasteiger partial charge in [0.1, 0.15) is 11.3 Å². The normalized spacial score (nSPS) is 10.5. The van der Waals surface area contributed by atoms with Crippen molar-refractivity contribution in [3.63, 3.8) is 0 Å². The van der Waals surface area contributed by atoms with E-state index in [-0.39, 0.29) is 0 Å². The SMILES string of the molecule is CCSc1cccc(NCc2nncn2C)c1C(N)=S. The first-order chi connectivity index (χ1) is 9.63. The lowest BCUT2D eigenvalue weighted by atomic mass is 10.1. The number of aromatic nitrogens is 3. The highest BCUT2D eigenvalue weighted by atomic mass is 32.2. The molecule has 2 aromatic rings. The molecule has 0 bridgehead atoms. The number of rotatable bonds is 6. The Hall–Kier alpha value is -1.60.